The van der Waals surface area contributed by atoms with Crippen LogP contribution in [0.1, 0.15) is 24.6 Å². The van der Waals surface area contributed by atoms with Crippen molar-refractivity contribution in [3.8, 4) is 0 Å². The monoisotopic (exact) mass is 465 g/mol. The zero-order chi connectivity index (χ0) is 21.8. The van der Waals surface area contributed by atoms with Crippen LogP contribution < -0.4 is 5.32 Å². The molecule has 1 aromatic carbocycles. The smallest absolute Gasteiger partial charge is 0.167 e. The van der Waals surface area contributed by atoms with Crippen LogP contribution in [0, 0.1) is 0 Å². The Morgan fingerprint density at radius 3 is 2.61 bits per heavy atom. The lowest BCUT2D eigenvalue weighted by Gasteiger charge is -2.18. The zero-order valence-corrected chi connectivity index (χ0v) is 17.8. The van der Waals surface area contributed by atoms with Crippen LogP contribution in [0.3, 0.4) is 0 Å². The summed E-state index contributed by atoms with van der Waals surface area (Å²) in [5, 5.41) is 34.1. The normalized spacial score (nSPS) is 27.0. The number of ether oxygens (including phenoxy) is 1. The van der Waals surface area contributed by atoms with E-state index in [2.05, 4.69) is 20.3 Å². The van der Waals surface area contributed by atoms with Crippen molar-refractivity contribution in [3.63, 3.8) is 0 Å². The van der Waals surface area contributed by atoms with Crippen molar-refractivity contribution in [1.82, 2.24) is 19.5 Å². The summed E-state index contributed by atoms with van der Waals surface area (Å²) in [5.74, 6) is 0.557. The zero-order valence-electron chi connectivity index (χ0n) is 16.3. The van der Waals surface area contributed by atoms with E-state index in [1.165, 1.54) is 17.2 Å². The molecule has 4 atom stereocenters. The Morgan fingerprint density at radius 1 is 1.13 bits per heavy atom. The van der Waals surface area contributed by atoms with E-state index in [1.54, 1.807) is 0 Å². The molecular formula is C20H21Cl2N5O4. The number of hydrogen-bond acceptors (Lipinski definition) is 8. The van der Waals surface area contributed by atoms with Gasteiger partial charge in [-0.2, -0.15) is 0 Å². The summed E-state index contributed by atoms with van der Waals surface area (Å²) >= 11 is 12.2. The van der Waals surface area contributed by atoms with Crippen molar-refractivity contribution in [2.45, 2.75) is 42.8 Å². The largest absolute Gasteiger partial charge is 0.394 e. The second-order valence-corrected chi connectivity index (χ2v) is 8.85. The number of fused-ring (bicyclic) bond motifs is 1. The highest BCUT2D eigenvalue weighted by Gasteiger charge is 2.45. The third-order valence-electron chi connectivity index (χ3n) is 6.13. The topological polar surface area (TPSA) is 126 Å². The molecule has 31 heavy (non-hydrogen) atoms. The van der Waals surface area contributed by atoms with E-state index in [0.29, 0.717) is 33.6 Å². The molecule has 2 aliphatic rings. The van der Waals surface area contributed by atoms with Gasteiger partial charge in [-0.3, -0.25) is 4.57 Å². The lowest BCUT2D eigenvalue weighted by Crippen LogP contribution is -2.33. The molecule has 1 aliphatic heterocycles. The molecule has 2 fully saturated rings. The predicted octanol–water partition coefficient (Wildman–Crippen LogP) is 1.89. The molecule has 0 bridgehead atoms. The molecule has 11 heteroatoms. The summed E-state index contributed by atoms with van der Waals surface area (Å²) in [7, 11) is 0. The lowest BCUT2D eigenvalue weighted by atomic mass is 9.96. The second kappa shape index (κ2) is 7.84. The van der Waals surface area contributed by atoms with Gasteiger partial charge < -0.3 is 25.4 Å². The number of imidazole rings is 1. The van der Waals surface area contributed by atoms with Gasteiger partial charge in [0.05, 0.1) is 23.0 Å². The van der Waals surface area contributed by atoms with Crippen LogP contribution >= 0.6 is 23.2 Å². The molecule has 0 amide bonds. The summed E-state index contributed by atoms with van der Waals surface area (Å²) < 4.78 is 7.14. The standard InChI is InChI=1S/C20H21Cl2N5O4/c21-11-2-1-10(5-12(11)22)20(3-4-20)7-23-17-14-18(25-8-24-17)27(9-26-14)19-16(30)15(29)13(6-28)31-19/h1-2,5,8-9,13,15-16,19,28-30H,3-4,6-7H2,(H,23,24,25)/t13-,15-,16-,19-/m1/s1. The Kier molecular flexibility index (Phi) is 5.28. The molecule has 3 heterocycles. The number of aromatic nitrogens is 4. The van der Waals surface area contributed by atoms with Crippen LogP contribution in [0.15, 0.2) is 30.9 Å². The molecule has 1 aliphatic carbocycles. The van der Waals surface area contributed by atoms with Gasteiger partial charge in [-0.15, -0.1) is 0 Å². The fourth-order valence-electron chi connectivity index (χ4n) is 4.07. The molecule has 4 N–H and O–H groups in total. The van der Waals surface area contributed by atoms with Gasteiger partial charge in [0, 0.05) is 12.0 Å². The molecule has 3 aromatic rings. The van der Waals surface area contributed by atoms with E-state index >= 15 is 0 Å². The highest BCUT2D eigenvalue weighted by atomic mass is 35.5. The number of aliphatic hydroxyl groups excluding tert-OH is 3. The second-order valence-electron chi connectivity index (χ2n) is 8.04. The predicted molar refractivity (Wildman–Crippen MR) is 114 cm³/mol. The first-order valence-electron chi connectivity index (χ1n) is 9.93. The van der Waals surface area contributed by atoms with Crippen LogP contribution in [0.5, 0.6) is 0 Å². The summed E-state index contributed by atoms with van der Waals surface area (Å²) in [5.41, 5.74) is 2.05. The van der Waals surface area contributed by atoms with E-state index in [1.807, 2.05) is 18.2 Å². The fraction of sp³-hybridized carbons (Fsp3) is 0.450. The molecule has 1 saturated carbocycles. The Morgan fingerprint density at radius 2 is 1.94 bits per heavy atom. The fourth-order valence-corrected chi connectivity index (χ4v) is 4.37. The minimum atomic E-state index is -1.22. The van der Waals surface area contributed by atoms with Crippen LogP contribution in [0.25, 0.3) is 11.2 Å². The maximum atomic E-state index is 10.3. The van der Waals surface area contributed by atoms with Gasteiger partial charge in [-0.25, -0.2) is 15.0 Å². The maximum absolute atomic E-state index is 10.3. The number of benzene rings is 1. The number of anilines is 1. The first kappa shape index (κ1) is 20.9. The number of halogens is 2. The van der Waals surface area contributed by atoms with E-state index in [0.717, 1.165) is 18.4 Å². The van der Waals surface area contributed by atoms with Crippen LogP contribution in [0.4, 0.5) is 5.82 Å². The van der Waals surface area contributed by atoms with Gasteiger partial charge >= 0.3 is 0 Å². The number of nitrogens with zero attached hydrogens (tertiary/aromatic N) is 4. The summed E-state index contributed by atoms with van der Waals surface area (Å²) in [6.45, 7) is 0.234. The van der Waals surface area contributed by atoms with Crippen LogP contribution in [0.2, 0.25) is 10.0 Å². The van der Waals surface area contributed by atoms with Crippen molar-refractivity contribution in [1.29, 1.82) is 0 Å². The summed E-state index contributed by atoms with van der Waals surface area (Å²) in [4.78, 5) is 13.0. The molecule has 0 unspecified atom stereocenters. The SMILES string of the molecule is OC[C@H]1O[C@@H](n2cnc3c(NCC4(c5ccc(Cl)c(Cl)c5)CC4)ncnc32)[C@H](O)[C@@H]1O. The number of aliphatic hydroxyl groups is 3. The third-order valence-corrected chi connectivity index (χ3v) is 6.87. The Labute approximate surface area is 187 Å². The Hall–Kier alpha value is -2.01. The summed E-state index contributed by atoms with van der Waals surface area (Å²) in [6, 6.07) is 5.71. The van der Waals surface area contributed by atoms with Gasteiger partial charge in [0.25, 0.3) is 0 Å². The maximum Gasteiger partial charge on any atom is 0.167 e. The first-order chi connectivity index (χ1) is 14.9. The molecular weight excluding hydrogens is 445 g/mol. The molecule has 0 radical (unpaired) electrons. The first-order valence-corrected chi connectivity index (χ1v) is 10.7. The van der Waals surface area contributed by atoms with Crippen molar-refractivity contribution < 1.29 is 20.1 Å². The number of rotatable bonds is 6. The van der Waals surface area contributed by atoms with Gasteiger partial charge in [0.1, 0.15) is 24.6 Å². The summed E-state index contributed by atoms with van der Waals surface area (Å²) in [6.07, 6.45) is 0.716. The van der Waals surface area contributed by atoms with E-state index < -0.39 is 31.1 Å². The molecule has 5 rings (SSSR count). The molecule has 164 valence electrons. The molecule has 2 aromatic heterocycles. The minimum absolute atomic E-state index is 0.0444. The van der Waals surface area contributed by atoms with E-state index in [9.17, 15) is 15.3 Å². The van der Waals surface area contributed by atoms with Gasteiger partial charge in [-0.1, -0.05) is 29.3 Å². The molecule has 0 spiro atoms. The van der Waals surface area contributed by atoms with Crippen molar-refractivity contribution in [3.05, 3.63) is 46.5 Å². The highest BCUT2D eigenvalue weighted by molar-refractivity contribution is 6.42. The number of hydrogen-bond donors (Lipinski definition) is 4. The molecule has 9 nitrogen and oxygen atoms in total. The van der Waals surface area contributed by atoms with Crippen molar-refractivity contribution in [2.24, 2.45) is 0 Å². The van der Waals surface area contributed by atoms with Gasteiger partial charge in [-0.05, 0) is 30.5 Å². The average molecular weight is 466 g/mol. The Bertz CT molecular complexity index is 1120. The Balaban J connectivity index is 1.39. The third kappa shape index (κ3) is 3.55. The van der Waals surface area contributed by atoms with Gasteiger partial charge in [0.15, 0.2) is 23.2 Å². The number of nitrogens with one attached hydrogen (secondary N) is 1. The highest BCUT2D eigenvalue weighted by Crippen LogP contribution is 2.49. The van der Waals surface area contributed by atoms with E-state index in [-0.39, 0.29) is 5.41 Å². The van der Waals surface area contributed by atoms with Crippen molar-refractivity contribution >= 4 is 40.2 Å². The minimum Gasteiger partial charge on any atom is -0.394 e. The molecule has 1 saturated heterocycles. The van der Waals surface area contributed by atoms with Crippen LogP contribution in [-0.2, 0) is 10.2 Å². The van der Waals surface area contributed by atoms with Gasteiger partial charge in [0.2, 0.25) is 0 Å². The average Bonchev–Trinajstić information content (AvgIpc) is 3.36. The van der Waals surface area contributed by atoms with Crippen molar-refractivity contribution in [2.75, 3.05) is 18.5 Å². The van der Waals surface area contributed by atoms with Crippen LogP contribution in [-0.4, -0.2) is 66.3 Å². The quantitative estimate of drug-likeness (QED) is 0.434. The van der Waals surface area contributed by atoms with E-state index in [4.69, 9.17) is 27.9 Å². The lowest BCUT2D eigenvalue weighted by molar-refractivity contribution is -0.0511.